The van der Waals surface area contributed by atoms with Crippen molar-refractivity contribution in [1.82, 2.24) is 4.90 Å². The van der Waals surface area contributed by atoms with Crippen molar-refractivity contribution in [2.24, 2.45) is 0 Å². The molecular formula is C11H18ClNO3. The lowest BCUT2D eigenvalue weighted by atomic mass is 10.3. The van der Waals surface area contributed by atoms with Gasteiger partial charge in [-0.25, -0.2) is 0 Å². The quantitative estimate of drug-likeness (QED) is 0.507. The monoisotopic (exact) mass is 247 g/mol. The molecule has 0 bridgehead atoms. The van der Waals surface area contributed by atoms with Gasteiger partial charge in [0.1, 0.15) is 6.54 Å². The van der Waals surface area contributed by atoms with Gasteiger partial charge in [-0.3, -0.25) is 9.59 Å². The Morgan fingerprint density at radius 3 is 2.62 bits per heavy atom. The minimum atomic E-state index is -0.325. The van der Waals surface area contributed by atoms with E-state index in [9.17, 15) is 9.59 Å². The Morgan fingerprint density at radius 2 is 2.12 bits per heavy atom. The highest BCUT2D eigenvalue weighted by molar-refractivity contribution is 6.17. The predicted molar refractivity (Wildman–Crippen MR) is 61.3 cm³/mol. The van der Waals surface area contributed by atoms with E-state index in [-0.39, 0.29) is 24.5 Å². The van der Waals surface area contributed by atoms with Gasteiger partial charge in [-0.15, -0.1) is 11.6 Å². The Labute approximate surface area is 101 Å². The summed E-state index contributed by atoms with van der Waals surface area (Å²) < 4.78 is 4.85. The highest BCUT2D eigenvalue weighted by atomic mass is 35.5. The fourth-order valence-corrected chi connectivity index (χ4v) is 1.65. The Balaban J connectivity index is 2.40. The summed E-state index contributed by atoms with van der Waals surface area (Å²) in [6, 6.07) is 0.243. The van der Waals surface area contributed by atoms with Crippen LogP contribution in [-0.2, 0) is 14.3 Å². The van der Waals surface area contributed by atoms with Crippen LogP contribution in [0, 0.1) is 0 Å². The van der Waals surface area contributed by atoms with Gasteiger partial charge in [-0.1, -0.05) is 0 Å². The molecule has 0 N–H and O–H groups in total. The molecule has 16 heavy (non-hydrogen) atoms. The number of ether oxygens (including phenoxy) is 1. The van der Waals surface area contributed by atoms with E-state index in [0.29, 0.717) is 25.3 Å². The van der Waals surface area contributed by atoms with Gasteiger partial charge >= 0.3 is 5.97 Å². The lowest BCUT2D eigenvalue weighted by molar-refractivity contribution is -0.149. The fourth-order valence-electron chi connectivity index (χ4n) is 1.51. The molecule has 1 fully saturated rings. The van der Waals surface area contributed by atoms with E-state index in [1.807, 2.05) is 0 Å². The van der Waals surface area contributed by atoms with Crippen LogP contribution < -0.4 is 0 Å². The third kappa shape index (κ3) is 4.39. The first-order valence-electron chi connectivity index (χ1n) is 5.70. The normalized spacial score (nSPS) is 14.6. The van der Waals surface area contributed by atoms with E-state index in [4.69, 9.17) is 16.3 Å². The Kier molecular flexibility index (Phi) is 5.60. The third-order valence-corrected chi connectivity index (χ3v) is 2.70. The molecule has 1 aliphatic carbocycles. The molecule has 92 valence electrons. The second kappa shape index (κ2) is 6.74. The van der Waals surface area contributed by atoms with Crippen LogP contribution in [0.1, 0.15) is 32.6 Å². The molecule has 4 nitrogen and oxygen atoms in total. The Morgan fingerprint density at radius 1 is 1.44 bits per heavy atom. The van der Waals surface area contributed by atoms with Crippen molar-refractivity contribution in [1.29, 1.82) is 0 Å². The molecule has 1 saturated carbocycles. The molecule has 0 atom stereocenters. The number of carbonyl (C=O) groups is 2. The number of halogens is 1. The van der Waals surface area contributed by atoms with Crippen molar-refractivity contribution < 1.29 is 14.3 Å². The highest BCUT2D eigenvalue weighted by Gasteiger charge is 2.33. The van der Waals surface area contributed by atoms with Crippen LogP contribution in [0.4, 0.5) is 0 Å². The van der Waals surface area contributed by atoms with Gasteiger partial charge in [-0.2, -0.15) is 0 Å². The van der Waals surface area contributed by atoms with E-state index in [1.165, 1.54) is 0 Å². The van der Waals surface area contributed by atoms with Crippen LogP contribution in [0.2, 0.25) is 0 Å². The molecule has 0 heterocycles. The maximum absolute atomic E-state index is 11.8. The van der Waals surface area contributed by atoms with Crippen LogP contribution >= 0.6 is 11.6 Å². The average Bonchev–Trinajstić information content (AvgIpc) is 3.06. The van der Waals surface area contributed by atoms with Crippen molar-refractivity contribution in [3.05, 3.63) is 0 Å². The predicted octanol–water partition coefficient (Wildman–Crippen LogP) is 1.56. The van der Waals surface area contributed by atoms with Crippen LogP contribution in [0.5, 0.6) is 0 Å². The van der Waals surface area contributed by atoms with Gasteiger partial charge in [0.2, 0.25) is 5.91 Å². The minimum Gasteiger partial charge on any atom is -0.465 e. The first-order chi connectivity index (χ1) is 7.69. The molecular weight excluding hydrogens is 230 g/mol. The molecule has 0 spiro atoms. The van der Waals surface area contributed by atoms with E-state index in [0.717, 1.165) is 12.8 Å². The fraction of sp³-hybridized carbons (Fsp3) is 0.818. The molecule has 0 aromatic carbocycles. The van der Waals surface area contributed by atoms with E-state index >= 15 is 0 Å². The third-order valence-electron chi connectivity index (χ3n) is 2.44. The second-order valence-electron chi connectivity index (χ2n) is 3.85. The minimum absolute atomic E-state index is 0.0104. The zero-order valence-electron chi connectivity index (χ0n) is 9.58. The molecule has 0 saturated heterocycles. The highest BCUT2D eigenvalue weighted by Crippen LogP contribution is 2.27. The van der Waals surface area contributed by atoms with Crippen molar-refractivity contribution >= 4 is 23.5 Å². The van der Waals surface area contributed by atoms with Gasteiger partial charge in [0, 0.05) is 18.3 Å². The number of amides is 1. The molecule has 0 aliphatic heterocycles. The lowest BCUT2D eigenvalue weighted by Crippen LogP contribution is -2.38. The first kappa shape index (κ1) is 13.3. The number of nitrogens with zero attached hydrogens (tertiary/aromatic N) is 1. The van der Waals surface area contributed by atoms with E-state index in [2.05, 4.69) is 0 Å². The van der Waals surface area contributed by atoms with Crippen molar-refractivity contribution in [2.75, 3.05) is 19.0 Å². The second-order valence-corrected chi connectivity index (χ2v) is 4.23. The SMILES string of the molecule is CCOC(=O)CN(C(=O)CCCCl)C1CC1. The van der Waals surface area contributed by atoms with Crippen molar-refractivity contribution in [2.45, 2.75) is 38.6 Å². The molecule has 0 radical (unpaired) electrons. The van der Waals surface area contributed by atoms with Crippen LogP contribution in [-0.4, -0.2) is 41.8 Å². The van der Waals surface area contributed by atoms with Gasteiger partial charge in [-0.05, 0) is 26.2 Å². The van der Waals surface area contributed by atoms with E-state index in [1.54, 1.807) is 11.8 Å². The standard InChI is InChI=1S/C11H18ClNO3/c1-2-16-11(15)8-13(9-5-6-9)10(14)4-3-7-12/h9H,2-8H2,1H3. The summed E-state index contributed by atoms with van der Waals surface area (Å²) in [5, 5.41) is 0. The van der Waals surface area contributed by atoms with Gasteiger partial charge < -0.3 is 9.64 Å². The van der Waals surface area contributed by atoms with Crippen molar-refractivity contribution in [3.8, 4) is 0 Å². The maximum atomic E-state index is 11.8. The Bertz CT molecular complexity index is 254. The van der Waals surface area contributed by atoms with Crippen LogP contribution in [0.25, 0.3) is 0 Å². The first-order valence-corrected chi connectivity index (χ1v) is 6.23. The Hall–Kier alpha value is -0.770. The summed E-state index contributed by atoms with van der Waals surface area (Å²) in [5.74, 6) is 0.161. The van der Waals surface area contributed by atoms with Gasteiger partial charge in [0.15, 0.2) is 0 Å². The number of rotatable bonds is 7. The summed E-state index contributed by atoms with van der Waals surface area (Å²) in [7, 11) is 0. The van der Waals surface area contributed by atoms with Crippen LogP contribution in [0.15, 0.2) is 0 Å². The summed E-state index contributed by atoms with van der Waals surface area (Å²) in [6.07, 6.45) is 3.06. The largest absolute Gasteiger partial charge is 0.465 e. The summed E-state index contributed by atoms with van der Waals surface area (Å²) in [5.41, 5.74) is 0. The molecule has 0 aromatic rings. The molecule has 1 aliphatic rings. The topological polar surface area (TPSA) is 46.6 Å². The average molecular weight is 248 g/mol. The van der Waals surface area contributed by atoms with Crippen LogP contribution in [0.3, 0.4) is 0 Å². The number of esters is 1. The van der Waals surface area contributed by atoms with Crippen molar-refractivity contribution in [3.63, 3.8) is 0 Å². The number of alkyl halides is 1. The zero-order valence-corrected chi connectivity index (χ0v) is 10.3. The summed E-state index contributed by atoms with van der Waals surface area (Å²) in [6.45, 7) is 2.20. The molecule has 1 rings (SSSR count). The van der Waals surface area contributed by atoms with E-state index < -0.39 is 0 Å². The number of hydrogen-bond acceptors (Lipinski definition) is 3. The maximum Gasteiger partial charge on any atom is 0.325 e. The zero-order chi connectivity index (χ0) is 12.0. The van der Waals surface area contributed by atoms with Gasteiger partial charge in [0.25, 0.3) is 0 Å². The molecule has 0 unspecified atom stereocenters. The molecule has 1 amide bonds. The summed E-state index contributed by atoms with van der Waals surface area (Å²) >= 11 is 5.54. The molecule has 0 aromatic heterocycles. The molecule has 5 heteroatoms. The number of hydrogen-bond donors (Lipinski definition) is 0. The lowest BCUT2D eigenvalue weighted by Gasteiger charge is -2.21. The number of carbonyl (C=O) groups excluding carboxylic acids is 2. The van der Waals surface area contributed by atoms with Gasteiger partial charge in [0.05, 0.1) is 6.61 Å². The smallest absolute Gasteiger partial charge is 0.325 e. The summed E-state index contributed by atoms with van der Waals surface area (Å²) in [4.78, 5) is 24.7.